The van der Waals surface area contributed by atoms with Gasteiger partial charge in [0.05, 0.1) is 5.56 Å². The first-order chi connectivity index (χ1) is 4.63. The lowest BCUT2D eigenvalue weighted by Gasteiger charge is -1.96. The molecule has 0 spiro atoms. The van der Waals surface area contributed by atoms with Gasteiger partial charge in [-0.25, -0.2) is 9.95 Å². The first-order valence-electron chi connectivity index (χ1n) is 3.09. The first kappa shape index (κ1) is 6.92. The highest BCUT2D eigenvalue weighted by Crippen LogP contribution is 2.14. The molecule has 4 nitrogen and oxygen atoms in total. The zero-order valence-electron chi connectivity index (χ0n) is 5.97. The van der Waals surface area contributed by atoms with E-state index in [1.54, 1.807) is 0 Å². The molecule has 0 bridgehead atoms. The van der Waals surface area contributed by atoms with Crippen LogP contribution in [0.3, 0.4) is 0 Å². The predicted molar refractivity (Wildman–Crippen MR) is 37.8 cm³/mol. The lowest BCUT2D eigenvalue weighted by Crippen LogP contribution is -2.05. The van der Waals surface area contributed by atoms with Crippen LogP contribution in [0, 0.1) is 0 Å². The molecular formula is C6H10N2O2. The number of H-pyrrole nitrogens is 1. The highest BCUT2D eigenvalue weighted by atomic mass is 16.5. The van der Waals surface area contributed by atoms with Gasteiger partial charge in [-0.15, -0.1) is 0 Å². The summed E-state index contributed by atoms with van der Waals surface area (Å²) in [4.78, 5) is 10.8. The van der Waals surface area contributed by atoms with Crippen molar-refractivity contribution in [2.45, 2.75) is 19.8 Å². The van der Waals surface area contributed by atoms with Crippen LogP contribution < -0.4 is 11.4 Å². The second kappa shape index (κ2) is 2.21. The van der Waals surface area contributed by atoms with Gasteiger partial charge in [-0.2, -0.15) is 0 Å². The van der Waals surface area contributed by atoms with Gasteiger partial charge >= 0.3 is 5.63 Å². The third-order valence-corrected chi connectivity index (χ3v) is 1.34. The number of aromatic nitrogens is 1. The van der Waals surface area contributed by atoms with Crippen molar-refractivity contribution in [3.8, 4) is 0 Å². The SMILES string of the molecule is CC(C)c1c(N)[nH]oc1=O. The molecule has 56 valence electrons. The van der Waals surface area contributed by atoms with Crippen molar-refractivity contribution in [2.75, 3.05) is 5.73 Å². The third kappa shape index (κ3) is 0.920. The number of rotatable bonds is 1. The maximum atomic E-state index is 10.8. The summed E-state index contributed by atoms with van der Waals surface area (Å²) in [6, 6.07) is 0. The fraction of sp³-hybridized carbons (Fsp3) is 0.500. The fourth-order valence-electron chi connectivity index (χ4n) is 0.868. The normalized spacial score (nSPS) is 10.7. The molecule has 0 unspecified atom stereocenters. The number of nitrogen functional groups attached to an aromatic ring is 1. The first-order valence-corrected chi connectivity index (χ1v) is 3.09. The molecule has 0 amide bonds. The van der Waals surface area contributed by atoms with Crippen LogP contribution in [0.25, 0.3) is 0 Å². The molecular weight excluding hydrogens is 132 g/mol. The van der Waals surface area contributed by atoms with Crippen LogP contribution in [0.15, 0.2) is 9.32 Å². The van der Waals surface area contributed by atoms with E-state index in [0.29, 0.717) is 11.4 Å². The Kier molecular flexibility index (Phi) is 1.53. The highest BCUT2D eigenvalue weighted by Gasteiger charge is 2.11. The summed E-state index contributed by atoms with van der Waals surface area (Å²) >= 11 is 0. The van der Waals surface area contributed by atoms with E-state index in [0.717, 1.165) is 0 Å². The molecule has 0 aliphatic rings. The summed E-state index contributed by atoms with van der Waals surface area (Å²) in [6.07, 6.45) is 0. The van der Waals surface area contributed by atoms with E-state index in [1.807, 2.05) is 13.8 Å². The molecule has 1 aromatic heterocycles. The lowest BCUT2D eigenvalue weighted by atomic mass is 10.1. The Labute approximate surface area is 58.0 Å². The van der Waals surface area contributed by atoms with Gasteiger partial charge < -0.3 is 10.3 Å². The Bertz CT molecular complexity index is 272. The quantitative estimate of drug-likeness (QED) is 0.605. The maximum Gasteiger partial charge on any atom is 0.362 e. The van der Waals surface area contributed by atoms with Crippen LogP contribution in [-0.2, 0) is 0 Å². The van der Waals surface area contributed by atoms with Crippen LogP contribution in [0.2, 0.25) is 0 Å². The van der Waals surface area contributed by atoms with Gasteiger partial charge in [0, 0.05) is 0 Å². The van der Waals surface area contributed by atoms with Gasteiger partial charge in [-0.1, -0.05) is 13.8 Å². The lowest BCUT2D eigenvalue weighted by molar-refractivity contribution is 0.392. The van der Waals surface area contributed by atoms with E-state index in [2.05, 4.69) is 9.68 Å². The summed E-state index contributed by atoms with van der Waals surface area (Å²) < 4.78 is 4.45. The molecule has 0 atom stereocenters. The Morgan fingerprint density at radius 2 is 2.20 bits per heavy atom. The van der Waals surface area contributed by atoms with Gasteiger partial charge in [-0.05, 0) is 5.92 Å². The van der Waals surface area contributed by atoms with Crippen molar-refractivity contribution < 1.29 is 4.52 Å². The Morgan fingerprint density at radius 3 is 2.40 bits per heavy atom. The minimum atomic E-state index is -0.368. The van der Waals surface area contributed by atoms with E-state index in [4.69, 9.17) is 5.73 Å². The standard InChI is InChI=1S/C6H10N2O2/c1-3(2)4-5(7)8-10-6(4)9/h3,8H,7H2,1-2H3. The molecule has 0 aliphatic carbocycles. The molecule has 0 aromatic carbocycles. The monoisotopic (exact) mass is 142 g/mol. The van der Waals surface area contributed by atoms with Crippen molar-refractivity contribution in [1.29, 1.82) is 0 Å². The van der Waals surface area contributed by atoms with Gasteiger partial charge in [-0.3, -0.25) is 0 Å². The van der Waals surface area contributed by atoms with E-state index < -0.39 is 0 Å². The van der Waals surface area contributed by atoms with Gasteiger partial charge in [0.2, 0.25) is 0 Å². The average molecular weight is 142 g/mol. The van der Waals surface area contributed by atoms with Crippen molar-refractivity contribution in [1.82, 2.24) is 5.16 Å². The average Bonchev–Trinajstić information content (AvgIpc) is 2.11. The van der Waals surface area contributed by atoms with E-state index in [-0.39, 0.29) is 11.5 Å². The second-order valence-corrected chi connectivity index (χ2v) is 2.47. The molecule has 1 rings (SSSR count). The van der Waals surface area contributed by atoms with Crippen LogP contribution >= 0.6 is 0 Å². The third-order valence-electron chi connectivity index (χ3n) is 1.34. The molecule has 0 saturated carbocycles. The summed E-state index contributed by atoms with van der Waals surface area (Å²) in [5.41, 5.74) is 5.55. The summed E-state index contributed by atoms with van der Waals surface area (Å²) in [5.74, 6) is 0.447. The van der Waals surface area contributed by atoms with Crippen LogP contribution in [0.1, 0.15) is 25.3 Å². The summed E-state index contributed by atoms with van der Waals surface area (Å²) in [7, 11) is 0. The minimum Gasteiger partial charge on any atom is -0.383 e. The Balaban J connectivity index is 3.23. The van der Waals surface area contributed by atoms with Gasteiger partial charge in [0.15, 0.2) is 0 Å². The number of anilines is 1. The zero-order chi connectivity index (χ0) is 7.72. The molecule has 0 fully saturated rings. The van der Waals surface area contributed by atoms with E-state index in [9.17, 15) is 4.79 Å². The number of nitrogens with two attached hydrogens (primary N) is 1. The van der Waals surface area contributed by atoms with Gasteiger partial charge in [0.1, 0.15) is 5.82 Å². The molecule has 10 heavy (non-hydrogen) atoms. The Morgan fingerprint density at radius 1 is 1.60 bits per heavy atom. The molecule has 1 aromatic rings. The molecule has 4 heteroatoms. The topological polar surface area (TPSA) is 72.0 Å². The van der Waals surface area contributed by atoms with Crippen LogP contribution in [-0.4, -0.2) is 5.16 Å². The Hall–Kier alpha value is -1.19. The zero-order valence-corrected chi connectivity index (χ0v) is 5.97. The maximum absolute atomic E-state index is 10.8. The fourth-order valence-corrected chi connectivity index (χ4v) is 0.868. The van der Waals surface area contributed by atoms with Gasteiger partial charge in [0.25, 0.3) is 0 Å². The minimum absolute atomic E-state index is 0.113. The molecule has 0 aliphatic heterocycles. The predicted octanol–water partition coefficient (Wildman–Crippen LogP) is 0.673. The number of nitrogens with one attached hydrogen (secondary N) is 1. The molecule has 0 saturated heterocycles. The molecule has 1 heterocycles. The van der Waals surface area contributed by atoms with Crippen molar-refractivity contribution >= 4 is 5.82 Å². The van der Waals surface area contributed by atoms with Crippen molar-refractivity contribution in [3.05, 3.63) is 16.0 Å². The van der Waals surface area contributed by atoms with Crippen LogP contribution in [0.5, 0.6) is 0 Å². The van der Waals surface area contributed by atoms with E-state index >= 15 is 0 Å². The largest absolute Gasteiger partial charge is 0.383 e. The summed E-state index contributed by atoms with van der Waals surface area (Å²) in [5, 5.41) is 2.31. The highest BCUT2D eigenvalue weighted by molar-refractivity contribution is 5.37. The smallest absolute Gasteiger partial charge is 0.362 e. The van der Waals surface area contributed by atoms with Crippen molar-refractivity contribution in [3.63, 3.8) is 0 Å². The number of hydrogen-bond donors (Lipinski definition) is 2. The second-order valence-electron chi connectivity index (χ2n) is 2.47. The van der Waals surface area contributed by atoms with E-state index in [1.165, 1.54) is 0 Å². The van der Waals surface area contributed by atoms with Crippen LogP contribution in [0.4, 0.5) is 5.82 Å². The summed E-state index contributed by atoms with van der Waals surface area (Å²) in [6.45, 7) is 3.77. The number of hydrogen-bond acceptors (Lipinski definition) is 3. The molecule has 3 N–H and O–H groups in total. The molecule has 0 radical (unpaired) electrons. The van der Waals surface area contributed by atoms with Crippen molar-refractivity contribution in [2.24, 2.45) is 0 Å². The number of aromatic amines is 1.